The number of pyridine rings is 1. The zero-order valence-electron chi connectivity index (χ0n) is 10.5. The predicted molar refractivity (Wildman–Crippen MR) is 69.4 cm³/mol. The Morgan fingerprint density at radius 2 is 2.33 bits per heavy atom. The van der Waals surface area contributed by atoms with E-state index in [2.05, 4.69) is 10.3 Å². The van der Waals surface area contributed by atoms with Gasteiger partial charge in [-0.3, -0.25) is 4.79 Å². The Balaban J connectivity index is 1.80. The lowest BCUT2D eigenvalue weighted by atomic mass is 9.93. The van der Waals surface area contributed by atoms with Crippen molar-refractivity contribution >= 4 is 11.6 Å². The molecule has 0 aromatic carbocycles. The first-order chi connectivity index (χ1) is 8.74. The van der Waals surface area contributed by atoms with Gasteiger partial charge >= 0.3 is 0 Å². The molecule has 1 fully saturated rings. The van der Waals surface area contributed by atoms with Crippen LogP contribution in [0.2, 0.25) is 0 Å². The fourth-order valence-electron chi connectivity index (χ4n) is 2.36. The van der Waals surface area contributed by atoms with Gasteiger partial charge < -0.3 is 9.72 Å². The lowest BCUT2D eigenvalue weighted by molar-refractivity contribution is -0.121. The van der Waals surface area contributed by atoms with Crippen molar-refractivity contribution in [1.29, 1.82) is 0 Å². The highest BCUT2D eigenvalue weighted by Crippen LogP contribution is 2.18. The van der Waals surface area contributed by atoms with E-state index in [-0.39, 0.29) is 5.91 Å². The maximum atomic E-state index is 12.0. The van der Waals surface area contributed by atoms with E-state index in [0.29, 0.717) is 12.5 Å². The summed E-state index contributed by atoms with van der Waals surface area (Å²) in [5, 5.41) is 3.07. The molecule has 0 saturated heterocycles. The van der Waals surface area contributed by atoms with Crippen LogP contribution in [0.15, 0.2) is 24.4 Å². The number of carbonyl (C=O) groups is 1. The Labute approximate surface area is 106 Å². The molecule has 0 aliphatic heterocycles. The van der Waals surface area contributed by atoms with Crippen molar-refractivity contribution < 1.29 is 4.79 Å². The molecule has 0 spiro atoms. The number of aryl methyl sites for hydroxylation is 1. The molecule has 0 unspecified atom stereocenters. The maximum Gasteiger partial charge on any atom is 0.226 e. The lowest BCUT2D eigenvalue weighted by Gasteiger charge is -2.26. The third kappa shape index (κ3) is 1.98. The van der Waals surface area contributed by atoms with E-state index in [9.17, 15) is 4.79 Å². The Morgan fingerprint density at radius 3 is 3.06 bits per heavy atom. The first-order valence-corrected chi connectivity index (χ1v) is 6.46. The predicted octanol–water partition coefficient (Wildman–Crippen LogP) is 1.85. The second-order valence-corrected chi connectivity index (χ2v) is 4.94. The number of hydrogen-bond donors (Lipinski definition) is 1. The second-order valence-electron chi connectivity index (χ2n) is 4.94. The molecule has 0 bridgehead atoms. The Bertz CT molecular complexity index is 584. The van der Waals surface area contributed by atoms with Gasteiger partial charge in [0.25, 0.3) is 0 Å². The van der Waals surface area contributed by atoms with E-state index in [1.165, 1.54) is 6.42 Å². The fourth-order valence-corrected chi connectivity index (χ4v) is 2.36. The minimum absolute atomic E-state index is 0.105. The lowest BCUT2D eigenvalue weighted by Crippen LogP contribution is -2.40. The Morgan fingerprint density at radius 1 is 1.50 bits per heavy atom. The van der Waals surface area contributed by atoms with Gasteiger partial charge in [0.05, 0.1) is 17.8 Å². The maximum absolute atomic E-state index is 12.0. The zero-order valence-corrected chi connectivity index (χ0v) is 10.5. The normalized spacial score (nSPS) is 15.6. The van der Waals surface area contributed by atoms with Gasteiger partial charge in [-0.15, -0.1) is 0 Å². The minimum Gasteiger partial charge on any atom is -0.353 e. The van der Waals surface area contributed by atoms with Crippen LogP contribution >= 0.6 is 0 Å². The molecule has 4 nitrogen and oxygen atoms in total. The van der Waals surface area contributed by atoms with Crippen molar-refractivity contribution in [1.82, 2.24) is 14.7 Å². The molecule has 1 N–H and O–H groups in total. The molecule has 0 radical (unpaired) electrons. The van der Waals surface area contributed by atoms with Crippen LogP contribution in [0.1, 0.15) is 30.7 Å². The molecule has 1 aliphatic rings. The number of carbonyl (C=O) groups excluding carboxylic acids is 1. The summed E-state index contributed by atoms with van der Waals surface area (Å²) in [6, 6.07) is 6.28. The molecule has 2 aromatic heterocycles. The van der Waals surface area contributed by atoms with Crippen LogP contribution in [0.5, 0.6) is 0 Å². The average molecular weight is 243 g/mol. The van der Waals surface area contributed by atoms with Crippen LogP contribution in [-0.4, -0.2) is 21.3 Å². The van der Waals surface area contributed by atoms with Crippen LogP contribution in [-0.2, 0) is 11.2 Å². The molecule has 4 heteroatoms. The monoisotopic (exact) mass is 243 g/mol. The van der Waals surface area contributed by atoms with E-state index in [4.69, 9.17) is 0 Å². The van der Waals surface area contributed by atoms with Gasteiger partial charge in [-0.05, 0) is 38.3 Å². The number of aromatic nitrogens is 2. The van der Waals surface area contributed by atoms with Crippen molar-refractivity contribution in [3.63, 3.8) is 0 Å². The molecule has 2 heterocycles. The summed E-state index contributed by atoms with van der Waals surface area (Å²) in [7, 11) is 0. The fraction of sp³-hybridized carbons (Fsp3) is 0.429. The molecule has 1 amide bonds. The topological polar surface area (TPSA) is 46.4 Å². The molecule has 3 rings (SSSR count). The second kappa shape index (κ2) is 4.44. The number of rotatable bonds is 3. The minimum atomic E-state index is 0.105. The van der Waals surface area contributed by atoms with Crippen molar-refractivity contribution in [2.75, 3.05) is 0 Å². The third-order valence-corrected chi connectivity index (χ3v) is 3.63. The van der Waals surface area contributed by atoms with Crippen LogP contribution in [0.4, 0.5) is 0 Å². The standard InChI is InChI=1S/C14H17N3O/c1-10-12(9-14(18)16-11-5-4-6-11)17-8-3-2-7-13(17)15-10/h2-3,7-8,11H,4-6,9H2,1H3,(H,16,18). The summed E-state index contributed by atoms with van der Waals surface area (Å²) in [5.41, 5.74) is 2.83. The number of hydrogen-bond acceptors (Lipinski definition) is 2. The number of nitrogens with zero attached hydrogens (tertiary/aromatic N) is 2. The van der Waals surface area contributed by atoms with Gasteiger partial charge in [0.15, 0.2) is 0 Å². The highest BCUT2D eigenvalue weighted by atomic mass is 16.1. The van der Waals surface area contributed by atoms with Crippen LogP contribution < -0.4 is 5.32 Å². The molecule has 2 aromatic rings. The summed E-state index contributed by atoms with van der Waals surface area (Å²) >= 11 is 0. The van der Waals surface area contributed by atoms with Gasteiger partial charge in [0.1, 0.15) is 5.65 Å². The molecule has 0 atom stereocenters. The van der Waals surface area contributed by atoms with Gasteiger partial charge in [-0.2, -0.15) is 0 Å². The summed E-state index contributed by atoms with van der Waals surface area (Å²) in [5.74, 6) is 0.105. The first kappa shape index (κ1) is 11.3. The quantitative estimate of drug-likeness (QED) is 0.894. The van der Waals surface area contributed by atoms with Gasteiger partial charge in [-0.1, -0.05) is 6.07 Å². The van der Waals surface area contributed by atoms with Crippen LogP contribution in [0.25, 0.3) is 5.65 Å². The Hall–Kier alpha value is -1.84. The summed E-state index contributed by atoms with van der Waals surface area (Å²) in [6.07, 6.45) is 5.85. The van der Waals surface area contributed by atoms with E-state index in [0.717, 1.165) is 29.9 Å². The van der Waals surface area contributed by atoms with E-state index in [1.807, 2.05) is 35.7 Å². The molecular weight excluding hydrogens is 226 g/mol. The number of nitrogens with one attached hydrogen (secondary N) is 1. The summed E-state index contributed by atoms with van der Waals surface area (Å²) < 4.78 is 2.00. The van der Waals surface area contributed by atoms with E-state index < -0.39 is 0 Å². The Kier molecular flexibility index (Phi) is 2.78. The number of fused-ring (bicyclic) bond motifs is 1. The highest BCUT2D eigenvalue weighted by molar-refractivity contribution is 5.79. The largest absolute Gasteiger partial charge is 0.353 e. The molecular formula is C14H17N3O. The van der Waals surface area contributed by atoms with E-state index >= 15 is 0 Å². The zero-order chi connectivity index (χ0) is 12.5. The first-order valence-electron chi connectivity index (χ1n) is 6.46. The third-order valence-electron chi connectivity index (χ3n) is 3.63. The average Bonchev–Trinajstić information content (AvgIpc) is 2.61. The van der Waals surface area contributed by atoms with E-state index in [1.54, 1.807) is 0 Å². The van der Waals surface area contributed by atoms with Crippen LogP contribution in [0, 0.1) is 6.92 Å². The molecule has 1 saturated carbocycles. The molecule has 1 aliphatic carbocycles. The van der Waals surface area contributed by atoms with Gasteiger partial charge in [-0.25, -0.2) is 4.98 Å². The van der Waals surface area contributed by atoms with Crippen molar-refractivity contribution in [3.05, 3.63) is 35.8 Å². The summed E-state index contributed by atoms with van der Waals surface area (Å²) in [6.45, 7) is 1.96. The van der Waals surface area contributed by atoms with Crippen molar-refractivity contribution in [3.8, 4) is 0 Å². The molecule has 18 heavy (non-hydrogen) atoms. The summed E-state index contributed by atoms with van der Waals surface area (Å²) in [4.78, 5) is 16.4. The van der Waals surface area contributed by atoms with Gasteiger partial charge in [0.2, 0.25) is 5.91 Å². The van der Waals surface area contributed by atoms with Crippen molar-refractivity contribution in [2.45, 2.75) is 38.6 Å². The van der Waals surface area contributed by atoms with Crippen LogP contribution in [0.3, 0.4) is 0 Å². The smallest absolute Gasteiger partial charge is 0.226 e. The SMILES string of the molecule is Cc1nc2ccccn2c1CC(=O)NC1CCC1. The van der Waals surface area contributed by atoms with Gasteiger partial charge in [0, 0.05) is 12.2 Å². The molecule has 94 valence electrons. The number of amides is 1. The van der Waals surface area contributed by atoms with Crippen molar-refractivity contribution in [2.24, 2.45) is 0 Å². The highest BCUT2D eigenvalue weighted by Gasteiger charge is 2.20. The number of imidazole rings is 1.